The zero-order chi connectivity index (χ0) is 13.1. The highest BCUT2D eigenvalue weighted by atomic mass is 32.1. The van der Waals surface area contributed by atoms with Crippen LogP contribution >= 0.6 is 11.3 Å². The standard InChI is InChI=1S/C13H19N3OS/c1-9(2)16-5-4-10(15-16)6-12(14)13-7-11(17-3)8-18-13/h4-5,7-9,12H,6,14H2,1-3H3. The van der Waals surface area contributed by atoms with Crippen molar-refractivity contribution in [3.8, 4) is 5.75 Å². The van der Waals surface area contributed by atoms with Crippen molar-refractivity contribution in [1.82, 2.24) is 9.78 Å². The number of rotatable bonds is 5. The van der Waals surface area contributed by atoms with Gasteiger partial charge in [0.25, 0.3) is 0 Å². The minimum atomic E-state index is -0.0191. The first-order valence-corrected chi connectivity index (χ1v) is 6.90. The highest BCUT2D eigenvalue weighted by Crippen LogP contribution is 2.27. The monoisotopic (exact) mass is 265 g/mol. The van der Waals surface area contributed by atoms with Gasteiger partial charge < -0.3 is 10.5 Å². The van der Waals surface area contributed by atoms with Gasteiger partial charge in [-0.25, -0.2) is 0 Å². The van der Waals surface area contributed by atoms with Crippen molar-refractivity contribution in [1.29, 1.82) is 0 Å². The molecule has 98 valence electrons. The van der Waals surface area contributed by atoms with Crippen LogP contribution in [-0.4, -0.2) is 16.9 Å². The van der Waals surface area contributed by atoms with Gasteiger partial charge in [0, 0.05) is 35.0 Å². The summed E-state index contributed by atoms with van der Waals surface area (Å²) in [6.45, 7) is 4.22. The van der Waals surface area contributed by atoms with Crippen LogP contribution in [0.2, 0.25) is 0 Å². The van der Waals surface area contributed by atoms with Crippen molar-refractivity contribution in [3.05, 3.63) is 34.3 Å². The van der Waals surface area contributed by atoms with Crippen molar-refractivity contribution < 1.29 is 4.74 Å². The van der Waals surface area contributed by atoms with E-state index in [1.54, 1.807) is 18.4 Å². The Bertz CT molecular complexity index is 504. The second-order valence-corrected chi connectivity index (χ2v) is 5.52. The first kappa shape index (κ1) is 13.1. The van der Waals surface area contributed by atoms with E-state index in [2.05, 4.69) is 18.9 Å². The van der Waals surface area contributed by atoms with Crippen molar-refractivity contribution in [2.45, 2.75) is 32.4 Å². The molecule has 0 aliphatic carbocycles. The van der Waals surface area contributed by atoms with E-state index in [0.717, 1.165) is 22.7 Å². The number of aromatic nitrogens is 2. The lowest BCUT2D eigenvalue weighted by Gasteiger charge is -2.08. The first-order valence-electron chi connectivity index (χ1n) is 6.02. The molecule has 5 heteroatoms. The maximum Gasteiger partial charge on any atom is 0.129 e. The average molecular weight is 265 g/mol. The molecule has 0 saturated carbocycles. The molecule has 0 aliphatic heterocycles. The fourth-order valence-corrected chi connectivity index (χ4v) is 2.59. The zero-order valence-electron chi connectivity index (χ0n) is 11.0. The highest BCUT2D eigenvalue weighted by molar-refractivity contribution is 7.10. The molecule has 1 atom stereocenters. The molecule has 2 N–H and O–H groups in total. The van der Waals surface area contributed by atoms with Gasteiger partial charge in [0.1, 0.15) is 5.75 Å². The summed E-state index contributed by atoms with van der Waals surface area (Å²) >= 11 is 1.63. The van der Waals surface area contributed by atoms with E-state index in [9.17, 15) is 0 Å². The Morgan fingerprint density at radius 3 is 2.83 bits per heavy atom. The van der Waals surface area contributed by atoms with E-state index >= 15 is 0 Å². The minimum absolute atomic E-state index is 0.0191. The van der Waals surface area contributed by atoms with Crippen LogP contribution in [-0.2, 0) is 6.42 Å². The number of nitrogens with two attached hydrogens (primary N) is 1. The predicted octanol–water partition coefficient (Wildman–Crippen LogP) is 2.78. The number of hydrogen-bond donors (Lipinski definition) is 1. The summed E-state index contributed by atoms with van der Waals surface area (Å²) in [5, 5.41) is 6.49. The van der Waals surface area contributed by atoms with E-state index in [4.69, 9.17) is 10.5 Å². The number of hydrogen-bond acceptors (Lipinski definition) is 4. The van der Waals surface area contributed by atoms with E-state index < -0.39 is 0 Å². The van der Waals surface area contributed by atoms with Crippen LogP contribution < -0.4 is 10.5 Å². The van der Waals surface area contributed by atoms with Gasteiger partial charge in [-0.15, -0.1) is 11.3 Å². The zero-order valence-corrected chi connectivity index (χ0v) is 11.8. The van der Waals surface area contributed by atoms with Gasteiger partial charge in [-0.05, 0) is 26.0 Å². The minimum Gasteiger partial charge on any atom is -0.496 e. The third-order valence-electron chi connectivity index (χ3n) is 2.82. The molecule has 0 aliphatic rings. The van der Waals surface area contributed by atoms with Crippen molar-refractivity contribution >= 4 is 11.3 Å². The summed E-state index contributed by atoms with van der Waals surface area (Å²) < 4.78 is 7.12. The molecule has 2 aromatic rings. The molecule has 0 amide bonds. The fraction of sp³-hybridized carbons (Fsp3) is 0.462. The highest BCUT2D eigenvalue weighted by Gasteiger charge is 2.12. The predicted molar refractivity (Wildman–Crippen MR) is 74.1 cm³/mol. The van der Waals surface area contributed by atoms with E-state index in [0.29, 0.717) is 6.04 Å². The normalized spacial score (nSPS) is 12.9. The van der Waals surface area contributed by atoms with Gasteiger partial charge in [-0.3, -0.25) is 4.68 Å². The second kappa shape index (κ2) is 5.54. The lowest BCUT2D eigenvalue weighted by molar-refractivity contribution is 0.416. The van der Waals surface area contributed by atoms with E-state index in [-0.39, 0.29) is 6.04 Å². The molecule has 0 fully saturated rings. The molecule has 4 nitrogen and oxygen atoms in total. The number of ether oxygens (including phenoxy) is 1. The average Bonchev–Trinajstić information content (AvgIpc) is 2.96. The topological polar surface area (TPSA) is 53.1 Å². The van der Waals surface area contributed by atoms with Crippen LogP contribution in [0, 0.1) is 0 Å². The number of methoxy groups -OCH3 is 1. The molecule has 0 bridgehead atoms. The van der Waals surface area contributed by atoms with Crippen LogP contribution in [0.15, 0.2) is 23.7 Å². The smallest absolute Gasteiger partial charge is 0.129 e. The lowest BCUT2D eigenvalue weighted by Crippen LogP contribution is -2.12. The summed E-state index contributed by atoms with van der Waals surface area (Å²) in [6, 6.07) is 4.39. The molecule has 0 aromatic carbocycles. The summed E-state index contributed by atoms with van der Waals surface area (Å²) in [6.07, 6.45) is 2.76. The molecule has 1 unspecified atom stereocenters. The van der Waals surface area contributed by atoms with Gasteiger partial charge in [-0.1, -0.05) is 0 Å². The second-order valence-electron chi connectivity index (χ2n) is 4.58. The Morgan fingerprint density at radius 2 is 2.28 bits per heavy atom. The summed E-state index contributed by atoms with van der Waals surface area (Å²) in [7, 11) is 1.67. The van der Waals surface area contributed by atoms with Gasteiger partial charge >= 0.3 is 0 Å². The Labute approximate surface area is 111 Å². The van der Waals surface area contributed by atoms with Crippen LogP contribution in [0.1, 0.15) is 36.5 Å². The Kier molecular flexibility index (Phi) is 4.04. The third-order valence-corrected chi connectivity index (χ3v) is 3.86. The summed E-state index contributed by atoms with van der Waals surface area (Å²) in [5.41, 5.74) is 7.22. The third kappa shape index (κ3) is 2.91. The van der Waals surface area contributed by atoms with Gasteiger partial charge in [-0.2, -0.15) is 5.10 Å². The van der Waals surface area contributed by atoms with E-state index in [1.807, 2.05) is 28.4 Å². The maximum atomic E-state index is 6.19. The Balaban J connectivity index is 2.03. The van der Waals surface area contributed by atoms with Crippen LogP contribution in [0.3, 0.4) is 0 Å². The van der Waals surface area contributed by atoms with Crippen LogP contribution in [0.5, 0.6) is 5.75 Å². The molecule has 0 saturated heterocycles. The van der Waals surface area contributed by atoms with Crippen LogP contribution in [0.4, 0.5) is 0 Å². The van der Waals surface area contributed by atoms with Crippen molar-refractivity contribution in [3.63, 3.8) is 0 Å². The van der Waals surface area contributed by atoms with Gasteiger partial charge in [0.05, 0.1) is 12.8 Å². The van der Waals surface area contributed by atoms with E-state index in [1.165, 1.54) is 0 Å². The fourth-order valence-electron chi connectivity index (χ4n) is 1.74. The molecule has 2 aromatic heterocycles. The van der Waals surface area contributed by atoms with Gasteiger partial charge in [0.15, 0.2) is 0 Å². The molecule has 0 spiro atoms. The summed E-state index contributed by atoms with van der Waals surface area (Å²) in [4.78, 5) is 1.13. The lowest BCUT2D eigenvalue weighted by atomic mass is 10.1. The molecular formula is C13H19N3OS. The Hall–Kier alpha value is -1.33. The summed E-state index contributed by atoms with van der Waals surface area (Å²) in [5.74, 6) is 0.873. The molecule has 18 heavy (non-hydrogen) atoms. The molecular weight excluding hydrogens is 246 g/mol. The Morgan fingerprint density at radius 1 is 1.50 bits per heavy atom. The molecule has 2 rings (SSSR count). The maximum absolute atomic E-state index is 6.19. The number of thiophene rings is 1. The van der Waals surface area contributed by atoms with Crippen molar-refractivity contribution in [2.24, 2.45) is 5.73 Å². The largest absolute Gasteiger partial charge is 0.496 e. The van der Waals surface area contributed by atoms with Crippen LogP contribution in [0.25, 0.3) is 0 Å². The molecule has 0 radical (unpaired) electrons. The van der Waals surface area contributed by atoms with Crippen molar-refractivity contribution in [2.75, 3.05) is 7.11 Å². The van der Waals surface area contributed by atoms with Gasteiger partial charge in [0.2, 0.25) is 0 Å². The number of nitrogens with zero attached hydrogens (tertiary/aromatic N) is 2. The quantitative estimate of drug-likeness (QED) is 0.904. The first-order chi connectivity index (χ1) is 8.60. The molecule has 2 heterocycles. The SMILES string of the molecule is COc1csc(C(N)Cc2ccn(C(C)C)n2)c1.